The summed E-state index contributed by atoms with van der Waals surface area (Å²) in [6, 6.07) is 2.66. The molecule has 23 heavy (non-hydrogen) atoms. The Morgan fingerprint density at radius 1 is 1.26 bits per heavy atom. The molecule has 0 aliphatic rings. The molecular formula is C13H17F3N2O4S. The fourth-order valence-electron chi connectivity index (χ4n) is 1.94. The standard InChI is InChI=1S/C13H17F3N2O4S/c1-8-5-9(2)12(6-11(8)17-10(3)19)18(7-22-4)23(20,21)13(14,15)16/h5-6H,7H2,1-4H3,(H,17,19). The number of hydrogen-bond donors (Lipinski definition) is 1. The highest BCUT2D eigenvalue weighted by Crippen LogP contribution is 2.35. The number of methoxy groups -OCH3 is 1. The number of halogens is 3. The molecule has 0 spiro atoms. The number of ether oxygens (including phenoxy) is 1. The van der Waals surface area contributed by atoms with Gasteiger partial charge in [-0.2, -0.15) is 21.6 Å². The zero-order chi connectivity index (χ0) is 18.0. The van der Waals surface area contributed by atoms with Gasteiger partial charge in [-0.15, -0.1) is 0 Å². The first-order valence-electron chi connectivity index (χ1n) is 6.38. The first kappa shape index (κ1) is 19.2. The lowest BCUT2D eigenvalue weighted by Gasteiger charge is -2.26. The molecule has 1 N–H and O–H groups in total. The summed E-state index contributed by atoms with van der Waals surface area (Å²) < 4.78 is 66.8. The minimum Gasteiger partial charge on any atom is -0.363 e. The number of anilines is 2. The third-order valence-corrected chi connectivity index (χ3v) is 4.42. The molecule has 6 nitrogen and oxygen atoms in total. The van der Waals surface area contributed by atoms with Crippen molar-refractivity contribution in [2.45, 2.75) is 26.3 Å². The van der Waals surface area contributed by atoms with Crippen LogP contribution in [-0.2, 0) is 19.6 Å². The van der Waals surface area contributed by atoms with E-state index in [0.29, 0.717) is 11.1 Å². The Morgan fingerprint density at radius 2 is 1.83 bits per heavy atom. The minimum atomic E-state index is -5.64. The van der Waals surface area contributed by atoms with Gasteiger partial charge < -0.3 is 10.1 Å². The normalized spacial score (nSPS) is 12.1. The van der Waals surface area contributed by atoms with Gasteiger partial charge in [-0.3, -0.25) is 4.79 Å². The largest absolute Gasteiger partial charge is 0.516 e. The van der Waals surface area contributed by atoms with Gasteiger partial charge in [0.05, 0.1) is 5.69 Å². The summed E-state index contributed by atoms with van der Waals surface area (Å²) >= 11 is 0. The quantitative estimate of drug-likeness (QED) is 0.825. The number of sulfonamides is 1. The Kier molecular flexibility index (Phi) is 5.65. The lowest BCUT2D eigenvalue weighted by Crippen LogP contribution is -2.42. The second kappa shape index (κ2) is 6.75. The summed E-state index contributed by atoms with van der Waals surface area (Å²) in [6.07, 6.45) is 0. The lowest BCUT2D eigenvalue weighted by molar-refractivity contribution is -0.114. The summed E-state index contributed by atoms with van der Waals surface area (Å²) in [5.74, 6) is -0.431. The van der Waals surface area contributed by atoms with Gasteiger partial charge in [0.15, 0.2) is 0 Å². The molecule has 0 radical (unpaired) electrons. The average Bonchev–Trinajstić information content (AvgIpc) is 2.37. The van der Waals surface area contributed by atoms with Crippen LogP contribution in [0.3, 0.4) is 0 Å². The van der Waals surface area contributed by atoms with Crippen LogP contribution in [0.5, 0.6) is 0 Å². The number of aryl methyl sites for hydroxylation is 2. The number of alkyl halides is 3. The van der Waals surface area contributed by atoms with E-state index in [2.05, 4.69) is 10.1 Å². The van der Waals surface area contributed by atoms with Gasteiger partial charge in [-0.1, -0.05) is 6.07 Å². The SMILES string of the molecule is COCN(c1cc(NC(C)=O)c(C)cc1C)S(=O)(=O)C(F)(F)F. The highest BCUT2D eigenvalue weighted by molar-refractivity contribution is 7.93. The second-order valence-electron chi connectivity index (χ2n) is 4.85. The molecule has 0 bridgehead atoms. The summed E-state index contributed by atoms with van der Waals surface area (Å²) in [7, 11) is -4.56. The molecule has 0 aliphatic heterocycles. The summed E-state index contributed by atoms with van der Waals surface area (Å²) in [5, 5.41) is 2.45. The maximum Gasteiger partial charge on any atom is 0.516 e. The number of nitrogens with one attached hydrogen (secondary N) is 1. The van der Waals surface area contributed by atoms with Crippen LogP contribution in [0.1, 0.15) is 18.1 Å². The van der Waals surface area contributed by atoms with Crippen molar-refractivity contribution in [2.24, 2.45) is 0 Å². The number of amides is 1. The average molecular weight is 354 g/mol. The molecule has 1 amide bonds. The zero-order valence-corrected chi connectivity index (χ0v) is 13.8. The van der Waals surface area contributed by atoms with Gasteiger partial charge >= 0.3 is 15.5 Å². The van der Waals surface area contributed by atoms with Gasteiger partial charge in [0, 0.05) is 19.7 Å². The van der Waals surface area contributed by atoms with Crippen LogP contribution in [0.25, 0.3) is 0 Å². The predicted octanol–water partition coefficient (Wildman–Crippen LogP) is 2.52. The second-order valence-corrected chi connectivity index (χ2v) is 6.71. The number of rotatable bonds is 5. The molecule has 0 unspecified atom stereocenters. The maximum atomic E-state index is 12.9. The molecule has 10 heteroatoms. The predicted molar refractivity (Wildman–Crippen MR) is 79.5 cm³/mol. The van der Waals surface area contributed by atoms with E-state index in [1.807, 2.05) is 0 Å². The van der Waals surface area contributed by atoms with E-state index in [1.165, 1.54) is 26.0 Å². The Hall–Kier alpha value is -1.81. The fourth-order valence-corrected chi connectivity index (χ4v) is 2.89. The number of benzene rings is 1. The van der Waals surface area contributed by atoms with Crippen molar-refractivity contribution in [3.05, 3.63) is 23.3 Å². The molecule has 1 rings (SSSR count). The van der Waals surface area contributed by atoms with Crippen LogP contribution >= 0.6 is 0 Å². The first-order valence-corrected chi connectivity index (χ1v) is 7.82. The van der Waals surface area contributed by atoms with Gasteiger partial charge in [-0.25, -0.2) is 4.31 Å². The minimum absolute atomic E-state index is 0.118. The molecule has 0 aromatic heterocycles. The summed E-state index contributed by atoms with van der Waals surface area (Å²) in [4.78, 5) is 11.2. The van der Waals surface area contributed by atoms with Gasteiger partial charge in [-0.05, 0) is 31.0 Å². The van der Waals surface area contributed by atoms with E-state index < -0.39 is 28.2 Å². The molecule has 130 valence electrons. The summed E-state index contributed by atoms with van der Waals surface area (Å²) in [6.45, 7) is 3.53. The highest BCUT2D eigenvalue weighted by Gasteiger charge is 2.50. The van der Waals surface area contributed by atoms with Crippen LogP contribution in [0.2, 0.25) is 0 Å². The monoisotopic (exact) mass is 354 g/mol. The van der Waals surface area contributed by atoms with E-state index >= 15 is 0 Å². The molecule has 0 aliphatic carbocycles. The molecule has 0 fully saturated rings. The molecule has 1 aromatic rings. The lowest BCUT2D eigenvalue weighted by atomic mass is 10.1. The van der Waals surface area contributed by atoms with E-state index in [0.717, 1.165) is 7.11 Å². The number of nitrogens with zero attached hydrogens (tertiary/aromatic N) is 1. The van der Waals surface area contributed by atoms with Gasteiger partial charge in [0.2, 0.25) is 5.91 Å². The number of carbonyl (C=O) groups is 1. The molecule has 0 saturated carbocycles. The Labute approximate surface area is 132 Å². The van der Waals surface area contributed by atoms with Gasteiger partial charge in [0.1, 0.15) is 6.73 Å². The number of hydrogen-bond acceptors (Lipinski definition) is 4. The van der Waals surface area contributed by atoms with Gasteiger partial charge in [0.25, 0.3) is 0 Å². The van der Waals surface area contributed by atoms with Crippen LogP contribution in [-0.4, -0.2) is 33.7 Å². The van der Waals surface area contributed by atoms with Crippen molar-refractivity contribution in [3.8, 4) is 0 Å². The molecule has 0 heterocycles. The third kappa shape index (κ3) is 4.14. The van der Waals surface area contributed by atoms with E-state index in [4.69, 9.17) is 0 Å². The maximum absolute atomic E-state index is 12.9. The molecule has 1 aromatic carbocycles. The highest BCUT2D eigenvalue weighted by atomic mass is 32.2. The van der Waals surface area contributed by atoms with Crippen molar-refractivity contribution >= 4 is 27.3 Å². The zero-order valence-electron chi connectivity index (χ0n) is 13.0. The molecule has 0 saturated heterocycles. The van der Waals surface area contributed by atoms with Crippen molar-refractivity contribution < 1.29 is 31.1 Å². The van der Waals surface area contributed by atoms with Crippen LogP contribution in [0.15, 0.2) is 12.1 Å². The fraction of sp³-hybridized carbons (Fsp3) is 0.462. The Morgan fingerprint density at radius 3 is 2.26 bits per heavy atom. The topological polar surface area (TPSA) is 75.7 Å². The van der Waals surface area contributed by atoms with Crippen molar-refractivity contribution in [2.75, 3.05) is 23.5 Å². The van der Waals surface area contributed by atoms with E-state index in [-0.39, 0.29) is 15.7 Å². The smallest absolute Gasteiger partial charge is 0.363 e. The van der Waals surface area contributed by atoms with Crippen LogP contribution < -0.4 is 9.62 Å². The van der Waals surface area contributed by atoms with Crippen molar-refractivity contribution in [1.29, 1.82) is 0 Å². The Balaban J connectivity index is 3.52. The molecule has 0 atom stereocenters. The van der Waals surface area contributed by atoms with E-state index in [9.17, 15) is 26.4 Å². The van der Waals surface area contributed by atoms with Crippen LogP contribution in [0, 0.1) is 13.8 Å². The van der Waals surface area contributed by atoms with Crippen molar-refractivity contribution in [1.82, 2.24) is 0 Å². The first-order chi connectivity index (χ1) is 10.4. The van der Waals surface area contributed by atoms with E-state index in [1.54, 1.807) is 6.92 Å². The number of carbonyl (C=O) groups excluding carboxylic acids is 1. The van der Waals surface area contributed by atoms with Crippen molar-refractivity contribution in [3.63, 3.8) is 0 Å². The summed E-state index contributed by atoms with van der Waals surface area (Å²) in [5.41, 5.74) is -4.60. The van der Waals surface area contributed by atoms with Crippen LogP contribution in [0.4, 0.5) is 24.5 Å². The third-order valence-electron chi connectivity index (χ3n) is 2.95. The molecular weight excluding hydrogens is 337 g/mol. The Bertz CT molecular complexity index is 702.